The van der Waals surface area contributed by atoms with E-state index in [0.29, 0.717) is 21.7 Å². The zero-order valence-corrected chi connectivity index (χ0v) is 16.2. The second-order valence-electron chi connectivity index (χ2n) is 5.23. The molecule has 8 heteroatoms. The molecular formula is C17H13BrCl2N2O3. The molecule has 1 atom stereocenters. The average molecular weight is 444 g/mol. The first-order valence-corrected chi connectivity index (χ1v) is 8.88. The zero-order valence-electron chi connectivity index (χ0n) is 13.1. The highest BCUT2D eigenvalue weighted by atomic mass is 79.9. The lowest BCUT2D eigenvalue weighted by Crippen LogP contribution is -2.36. The van der Waals surface area contributed by atoms with Crippen LogP contribution in [-0.4, -0.2) is 29.6 Å². The van der Waals surface area contributed by atoms with Crippen molar-refractivity contribution in [1.82, 2.24) is 5.01 Å². The van der Waals surface area contributed by atoms with E-state index in [1.54, 1.807) is 18.2 Å². The number of carbonyl (C=O) groups excluding carboxylic acids is 1. The van der Waals surface area contributed by atoms with Crippen LogP contribution in [0.5, 0.6) is 5.75 Å². The van der Waals surface area contributed by atoms with Gasteiger partial charge in [0.15, 0.2) is 0 Å². The van der Waals surface area contributed by atoms with Gasteiger partial charge in [-0.1, -0.05) is 39.1 Å². The number of amides is 1. The molecule has 1 heterocycles. The van der Waals surface area contributed by atoms with Crippen molar-refractivity contribution in [2.45, 2.75) is 13.2 Å². The van der Waals surface area contributed by atoms with Gasteiger partial charge in [-0.2, -0.15) is 5.01 Å². The number of benzene rings is 2. The van der Waals surface area contributed by atoms with Crippen LogP contribution in [0.25, 0.3) is 0 Å². The van der Waals surface area contributed by atoms with Gasteiger partial charge in [-0.05, 0) is 42.5 Å². The minimum absolute atomic E-state index is 0.0739. The van der Waals surface area contributed by atoms with Crippen molar-refractivity contribution >= 4 is 50.9 Å². The predicted molar refractivity (Wildman–Crippen MR) is 100 cm³/mol. The first-order chi connectivity index (χ1) is 11.9. The second kappa shape index (κ2) is 7.64. The first kappa shape index (κ1) is 18.0. The topological polar surface area (TPSA) is 51.1 Å². The van der Waals surface area contributed by atoms with Crippen LogP contribution in [0.2, 0.25) is 10.0 Å². The summed E-state index contributed by atoms with van der Waals surface area (Å²) in [4.78, 5) is 11.8. The Bertz CT molecular complexity index is 827. The molecule has 0 N–H and O–H groups in total. The number of hydrazone groups is 1. The molecule has 1 aliphatic rings. The fourth-order valence-electron chi connectivity index (χ4n) is 2.21. The largest absolute Gasteiger partial charge is 0.486 e. The number of nitrogens with zero attached hydrogens (tertiary/aromatic N) is 2. The van der Waals surface area contributed by atoms with Gasteiger partial charge in [-0.25, -0.2) is 0 Å². The van der Waals surface area contributed by atoms with E-state index in [9.17, 15) is 4.79 Å². The minimum atomic E-state index is -0.678. The quantitative estimate of drug-likeness (QED) is 0.687. The van der Waals surface area contributed by atoms with Gasteiger partial charge >= 0.3 is 0 Å². The summed E-state index contributed by atoms with van der Waals surface area (Å²) >= 11 is 15.3. The third-order valence-electron chi connectivity index (χ3n) is 3.41. The van der Waals surface area contributed by atoms with Crippen molar-refractivity contribution in [3.8, 4) is 5.75 Å². The zero-order chi connectivity index (χ0) is 18.0. The van der Waals surface area contributed by atoms with Gasteiger partial charge in [0.05, 0.1) is 5.02 Å². The third kappa shape index (κ3) is 4.26. The minimum Gasteiger partial charge on any atom is -0.486 e. The molecule has 2 aromatic carbocycles. The molecule has 130 valence electrons. The molecule has 0 aliphatic carbocycles. The van der Waals surface area contributed by atoms with Crippen molar-refractivity contribution in [1.29, 1.82) is 0 Å². The highest BCUT2D eigenvalue weighted by Gasteiger charge is 2.32. The Morgan fingerprint density at radius 1 is 1.28 bits per heavy atom. The summed E-state index contributed by atoms with van der Waals surface area (Å²) in [6.07, 6.45) is -0.678. The van der Waals surface area contributed by atoms with E-state index in [-0.39, 0.29) is 12.5 Å². The van der Waals surface area contributed by atoms with E-state index in [4.69, 9.17) is 32.7 Å². The van der Waals surface area contributed by atoms with Crippen LogP contribution < -0.4 is 4.74 Å². The number of rotatable bonds is 4. The molecular weight excluding hydrogens is 431 g/mol. The van der Waals surface area contributed by atoms with Gasteiger partial charge in [0, 0.05) is 22.0 Å². The molecule has 0 bridgehead atoms. The molecule has 0 unspecified atom stereocenters. The highest BCUT2D eigenvalue weighted by Crippen LogP contribution is 2.28. The van der Waals surface area contributed by atoms with Crippen LogP contribution in [0.15, 0.2) is 52.0 Å². The second-order valence-corrected chi connectivity index (χ2v) is 6.99. The summed E-state index contributed by atoms with van der Waals surface area (Å²) in [5.74, 6) is 0.566. The lowest BCUT2D eigenvalue weighted by Gasteiger charge is -2.19. The Kier molecular flexibility index (Phi) is 5.51. The molecule has 5 nitrogen and oxygen atoms in total. The summed E-state index contributed by atoms with van der Waals surface area (Å²) in [5.41, 5.74) is 0.765. The molecule has 0 saturated carbocycles. The number of hydrogen-bond donors (Lipinski definition) is 0. The van der Waals surface area contributed by atoms with E-state index >= 15 is 0 Å². The lowest BCUT2D eigenvalue weighted by molar-refractivity contribution is -0.136. The summed E-state index contributed by atoms with van der Waals surface area (Å²) < 4.78 is 12.4. The van der Waals surface area contributed by atoms with Crippen molar-refractivity contribution in [3.63, 3.8) is 0 Å². The Labute approximate surface area is 163 Å². The molecule has 0 aromatic heterocycles. The van der Waals surface area contributed by atoms with Gasteiger partial charge in [-0.15, -0.1) is 5.10 Å². The van der Waals surface area contributed by atoms with Crippen molar-refractivity contribution in [3.05, 3.63) is 62.5 Å². The van der Waals surface area contributed by atoms with Crippen LogP contribution in [0, 0.1) is 0 Å². The normalized spacial score (nSPS) is 16.4. The molecule has 0 fully saturated rings. The fraction of sp³-hybridized carbons (Fsp3) is 0.176. The van der Waals surface area contributed by atoms with Gasteiger partial charge < -0.3 is 9.47 Å². The van der Waals surface area contributed by atoms with Crippen LogP contribution in [0.4, 0.5) is 0 Å². The number of halogens is 3. The maximum absolute atomic E-state index is 11.8. The molecule has 3 rings (SSSR count). The van der Waals surface area contributed by atoms with Crippen LogP contribution in [0.3, 0.4) is 0 Å². The molecule has 0 spiro atoms. The maximum atomic E-state index is 11.8. The Balaban J connectivity index is 1.73. The molecule has 1 amide bonds. The average Bonchev–Trinajstić information content (AvgIpc) is 2.99. The predicted octanol–water partition coefficient (Wildman–Crippen LogP) is 4.70. The van der Waals surface area contributed by atoms with Gasteiger partial charge in [0.2, 0.25) is 18.0 Å². The molecule has 1 aliphatic heterocycles. The van der Waals surface area contributed by atoms with Gasteiger partial charge in [0.25, 0.3) is 0 Å². The van der Waals surface area contributed by atoms with Crippen molar-refractivity contribution < 1.29 is 14.3 Å². The van der Waals surface area contributed by atoms with Crippen LogP contribution in [0.1, 0.15) is 12.5 Å². The molecule has 0 radical (unpaired) electrons. The van der Waals surface area contributed by atoms with Crippen molar-refractivity contribution in [2.75, 3.05) is 6.61 Å². The summed E-state index contributed by atoms with van der Waals surface area (Å²) in [7, 11) is 0. The van der Waals surface area contributed by atoms with E-state index in [2.05, 4.69) is 21.0 Å². The van der Waals surface area contributed by atoms with Gasteiger partial charge in [0.1, 0.15) is 12.4 Å². The molecule has 0 saturated heterocycles. The number of hydrogen-bond acceptors (Lipinski definition) is 4. The Morgan fingerprint density at radius 3 is 2.64 bits per heavy atom. The molecule has 25 heavy (non-hydrogen) atoms. The van der Waals surface area contributed by atoms with Gasteiger partial charge in [-0.3, -0.25) is 4.79 Å². The fourth-order valence-corrected chi connectivity index (χ4v) is 2.94. The summed E-state index contributed by atoms with van der Waals surface area (Å²) in [5, 5.41) is 6.40. The monoisotopic (exact) mass is 442 g/mol. The third-order valence-corrected chi connectivity index (χ3v) is 4.47. The van der Waals surface area contributed by atoms with E-state index in [0.717, 1.165) is 10.0 Å². The Hall–Kier alpha value is -1.76. The molecule has 2 aromatic rings. The van der Waals surface area contributed by atoms with E-state index < -0.39 is 6.23 Å². The van der Waals surface area contributed by atoms with E-state index in [1.807, 2.05) is 24.3 Å². The summed E-state index contributed by atoms with van der Waals surface area (Å²) in [6.45, 7) is 1.49. The SMILES string of the molecule is CC(=O)N1N=C(c2ccc(Br)cc2)O[C@@H]1COc1ccc(Cl)cc1Cl. The van der Waals surface area contributed by atoms with Crippen molar-refractivity contribution in [2.24, 2.45) is 5.10 Å². The smallest absolute Gasteiger partial charge is 0.243 e. The first-order valence-electron chi connectivity index (χ1n) is 7.33. The number of carbonyl (C=O) groups is 1. The maximum Gasteiger partial charge on any atom is 0.243 e. The Morgan fingerprint density at radius 2 is 2.00 bits per heavy atom. The summed E-state index contributed by atoms with van der Waals surface area (Å²) in [6, 6.07) is 12.4. The lowest BCUT2D eigenvalue weighted by atomic mass is 10.2. The van der Waals surface area contributed by atoms with E-state index in [1.165, 1.54) is 11.9 Å². The highest BCUT2D eigenvalue weighted by molar-refractivity contribution is 9.10. The number of ether oxygens (including phenoxy) is 2. The van der Waals surface area contributed by atoms with Crippen LogP contribution >= 0.6 is 39.1 Å². The van der Waals surface area contributed by atoms with Crippen LogP contribution in [-0.2, 0) is 9.53 Å². The standard InChI is InChI=1S/C17H13BrCl2N2O3/c1-10(23)22-16(9-24-15-7-6-13(19)8-14(15)20)25-17(21-22)11-2-4-12(18)5-3-11/h2-8,16H,9H2,1H3/t16-/m1/s1.